The Bertz CT molecular complexity index is 1060. The molecule has 1 saturated heterocycles. The minimum Gasteiger partial charge on any atom is -0.390 e. The van der Waals surface area contributed by atoms with Crippen LogP contribution in [0.2, 0.25) is 0 Å². The van der Waals surface area contributed by atoms with E-state index >= 15 is 0 Å². The Kier molecular flexibility index (Phi) is 7.18. The summed E-state index contributed by atoms with van der Waals surface area (Å²) in [7, 11) is 0. The largest absolute Gasteiger partial charge is 0.421 e. The van der Waals surface area contributed by atoms with Crippen molar-refractivity contribution >= 4 is 23.4 Å². The molecule has 35 heavy (non-hydrogen) atoms. The zero-order chi connectivity index (χ0) is 25.2. The number of hydrogen-bond acceptors (Lipinski definition) is 7. The first-order chi connectivity index (χ1) is 16.5. The van der Waals surface area contributed by atoms with Crippen molar-refractivity contribution in [2.45, 2.75) is 63.9 Å². The van der Waals surface area contributed by atoms with Crippen LogP contribution in [0, 0.1) is 0 Å². The van der Waals surface area contributed by atoms with Gasteiger partial charge in [-0.1, -0.05) is 6.07 Å². The zero-order valence-electron chi connectivity index (χ0n) is 19.9. The topological polar surface area (TPSA) is 102 Å². The van der Waals surface area contributed by atoms with E-state index in [2.05, 4.69) is 25.9 Å². The predicted molar refractivity (Wildman–Crippen MR) is 126 cm³/mol. The molecule has 8 nitrogen and oxygen atoms in total. The third-order valence-electron chi connectivity index (χ3n) is 6.14. The molecule has 4 rings (SSSR count). The molecule has 11 heteroatoms. The van der Waals surface area contributed by atoms with Crippen molar-refractivity contribution in [3.05, 3.63) is 41.1 Å². The number of alkyl halides is 3. The fourth-order valence-electron chi connectivity index (χ4n) is 4.38. The van der Waals surface area contributed by atoms with Gasteiger partial charge in [0.05, 0.1) is 12.0 Å². The van der Waals surface area contributed by atoms with Crippen LogP contribution in [0.5, 0.6) is 0 Å². The van der Waals surface area contributed by atoms with E-state index in [1.807, 2.05) is 12.1 Å². The number of carbonyl (C=O) groups excluding carboxylic acids is 1. The Morgan fingerprint density at radius 3 is 2.77 bits per heavy atom. The lowest BCUT2D eigenvalue weighted by Gasteiger charge is -2.31. The molecule has 0 aliphatic carbocycles. The number of amides is 1. The lowest BCUT2D eigenvalue weighted by atomic mass is 9.97. The lowest BCUT2D eigenvalue weighted by Crippen LogP contribution is -2.39. The van der Waals surface area contributed by atoms with E-state index < -0.39 is 17.3 Å². The van der Waals surface area contributed by atoms with Gasteiger partial charge in [0.1, 0.15) is 11.4 Å². The standard InChI is InChI=1S/C24H31F3N6O2/c1-23(2,35)11-20(34)33-9-7-15-10-17(6-5-16(15)14-33)31-22-29-13-19(24(25,26)27)21(32-22)30-18-4-3-8-28-12-18/h5-6,10,13,18,28,35H,3-4,7-9,11-12,14H2,1-2H3,(H2,29,30,31,32)/t18-/m1/s1. The molecule has 1 aromatic carbocycles. The number of piperidine rings is 1. The van der Waals surface area contributed by atoms with Gasteiger partial charge in [0, 0.05) is 37.6 Å². The normalized spacial score (nSPS) is 18.7. The van der Waals surface area contributed by atoms with Gasteiger partial charge in [-0.3, -0.25) is 4.79 Å². The van der Waals surface area contributed by atoms with Crippen LogP contribution in [-0.4, -0.2) is 57.2 Å². The first-order valence-electron chi connectivity index (χ1n) is 11.8. The number of rotatable bonds is 6. The minimum atomic E-state index is -4.57. The lowest BCUT2D eigenvalue weighted by molar-refractivity contribution is -0.137. The highest BCUT2D eigenvalue weighted by molar-refractivity contribution is 5.77. The first-order valence-corrected chi connectivity index (χ1v) is 11.8. The van der Waals surface area contributed by atoms with Gasteiger partial charge in [-0.2, -0.15) is 18.2 Å². The van der Waals surface area contributed by atoms with Gasteiger partial charge in [0.2, 0.25) is 11.9 Å². The Labute approximate surface area is 202 Å². The molecule has 2 aliphatic rings. The van der Waals surface area contributed by atoms with Crippen molar-refractivity contribution in [1.29, 1.82) is 0 Å². The summed E-state index contributed by atoms with van der Waals surface area (Å²) in [6.07, 6.45) is -1.43. The number of nitrogens with one attached hydrogen (secondary N) is 3. The third-order valence-corrected chi connectivity index (χ3v) is 6.14. The van der Waals surface area contributed by atoms with Crippen LogP contribution in [0.25, 0.3) is 0 Å². The smallest absolute Gasteiger partial charge is 0.390 e. The molecule has 0 saturated carbocycles. The van der Waals surface area contributed by atoms with Gasteiger partial charge in [-0.15, -0.1) is 0 Å². The van der Waals surface area contributed by atoms with Crippen molar-refractivity contribution in [2.24, 2.45) is 0 Å². The highest BCUT2D eigenvalue weighted by atomic mass is 19.4. The number of benzene rings is 1. The first kappa shape index (κ1) is 25.2. The molecule has 2 aliphatic heterocycles. The average molecular weight is 493 g/mol. The average Bonchev–Trinajstić information content (AvgIpc) is 2.77. The number of aromatic nitrogens is 2. The van der Waals surface area contributed by atoms with E-state index in [1.54, 1.807) is 24.8 Å². The predicted octanol–water partition coefficient (Wildman–Crippen LogP) is 3.45. The number of fused-ring (bicyclic) bond motifs is 1. The maximum atomic E-state index is 13.5. The molecule has 0 unspecified atom stereocenters. The highest BCUT2D eigenvalue weighted by Crippen LogP contribution is 2.35. The van der Waals surface area contributed by atoms with Crippen molar-refractivity contribution in [3.63, 3.8) is 0 Å². The summed E-state index contributed by atoms with van der Waals surface area (Å²) in [5.74, 6) is -0.263. The zero-order valence-corrected chi connectivity index (χ0v) is 19.9. The molecule has 4 N–H and O–H groups in total. The van der Waals surface area contributed by atoms with Crippen molar-refractivity contribution in [2.75, 3.05) is 30.3 Å². The Morgan fingerprint density at radius 2 is 2.09 bits per heavy atom. The van der Waals surface area contributed by atoms with Gasteiger partial charge in [-0.25, -0.2) is 4.98 Å². The quantitative estimate of drug-likeness (QED) is 0.490. The molecule has 0 spiro atoms. The van der Waals surface area contributed by atoms with Crippen LogP contribution in [0.1, 0.15) is 49.8 Å². The SMILES string of the molecule is CC(C)(O)CC(=O)N1CCc2cc(Nc3ncc(C(F)(F)F)c(N[C@@H]4CCCNC4)n3)ccc2C1. The van der Waals surface area contributed by atoms with Gasteiger partial charge in [-0.05, 0) is 62.9 Å². The second-order valence-corrected chi connectivity index (χ2v) is 9.80. The summed E-state index contributed by atoms with van der Waals surface area (Å²) in [6, 6.07) is 5.45. The Balaban J connectivity index is 1.48. The monoisotopic (exact) mass is 492 g/mol. The van der Waals surface area contributed by atoms with Gasteiger partial charge >= 0.3 is 6.18 Å². The summed E-state index contributed by atoms with van der Waals surface area (Å²) in [5.41, 5.74) is 0.737. The summed E-state index contributed by atoms with van der Waals surface area (Å²) in [5, 5.41) is 19.1. The van der Waals surface area contributed by atoms with Gasteiger partial charge in [0.25, 0.3) is 0 Å². The molecule has 3 heterocycles. The van der Waals surface area contributed by atoms with Crippen LogP contribution < -0.4 is 16.0 Å². The van der Waals surface area contributed by atoms with Crippen LogP contribution >= 0.6 is 0 Å². The molecule has 1 amide bonds. The van der Waals surface area contributed by atoms with Crippen molar-refractivity contribution < 1.29 is 23.1 Å². The van der Waals surface area contributed by atoms with Crippen molar-refractivity contribution in [1.82, 2.24) is 20.2 Å². The summed E-state index contributed by atoms with van der Waals surface area (Å²) >= 11 is 0. The van der Waals surface area contributed by atoms with E-state index in [1.165, 1.54) is 0 Å². The number of nitrogens with zero attached hydrogens (tertiary/aromatic N) is 3. The van der Waals surface area contributed by atoms with E-state index in [9.17, 15) is 23.1 Å². The number of anilines is 3. The number of halogens is 3. The fourth-order valence-corrected chi connectivity index (χ4v) is 4.38. The second-order valence-electron chi connectivity index (χ2n) is 9.80. The molecule has 2 aromatic rings. The fraction of sp³-hybridized carbons (Fsp3) is 0.542. The van der Waals surface area contributed by atoms with Gasteiger partial charge < -0.3 is 26.0 Å². The molecule has 1 fully saturated rings. The maximum absolute atomic E-state index is 13.5. The molecule has 1 atom stereocenters. The molecular formula is C24H31F3N6O2. The van der Waals surface area contributed by atoms with Gasteiger partial charge in [0.15, 0.2) is 0 Å². The molecule has 190 valence electrons. The third kappa shape index (κ3) is 6.61. The van der Waals surface area contributed by atoms with E-state index in [4.69, 9.17) is 0 Å². The van der Waals surface area contributed by atoms with Crippen molar-refractivity contribution in [3.8, 4) is 0 Å². The number of carbonyl (C=O) groups is 1. The minimum absolute atomic E-state index is 0.0561. The summed E-state index contributed by atoms with van der Waals surface area (Å²) < 4.78 is 40.6. The second kappa shape index (κ2) is 9.98. The Hall–Kier alpha value is -2.92. The molecule has 0 radical (unpaired) electrons. The van der Waals surface area contributed by atoms with Crippen LogP contribution in [0.15, 0.2) is 24.4 Å². The van der Waals surface area contributed by atoms with Crippen LogP contribution in [0.3, 0.4) is 0 Å². The molecular weight excluding hydrogens is 461 g/mol. The summed E-state index contributed by atoms with van der Waals surface area (Å²) in [4.78, 5) is 22.2. The van der Waals surface area contributed by atoms with Crippen LogP contribution in [0.4, 0.5) is 30.6 Å². The van der Waals surface area contributed by atoms with E-state index in [0.29, 0.717) is 31.7 Å². The summed E-state index contributed by atoms with van der Waals surface area (Å²) in [6.45, 7) is 5.62. The molecule has 0 bridgehead atoms. The maximum Gasteiger partial charge on any atom is 0.421 e. The number of hydrogen-bond donors (Lipinski definition) is 4. The Morgan fingerprint density at radius 1 is 1.29 bits per heavy atom. The van der Waals surface area contributed by atoms with Crippen LogP contribution in [-0.2, 0) is 23.9 Å². The molecule has 1 aromatic heterocycles. The number of aliphatic hydroxyl groups is 1. The highest BCUT2D eigenvalue weighted by Gasteiger charge is 2.36. The van der Waals surface area contributed by atoms with E-state index in [-0.39, 0.29) is 30.1 Å². The van der Waals surface area contributed by atoms with E-state index in [0.717, 1.165) is 36.7 Å².